The minimum absolute atomic E-state index is 0.0348. The van der Waals surface area contributed by atoms with E-state index in [-0.39, 0.29) is 17.8 Å². The molecule has 1 unspecified atom stereocenters. The van der Waals surface area contributed by atoms with Crippen molar-refractivity contribution in [2.24, 2.45) is 0 Å². The number of hydrogen-bond acceptors (Lipinski definition) is 3. The summed E-state index contributed by atoms with van der Waals surface area (Å²) in [7, 11) is 0. The predicted octanol–water partition coefficient (Wildman–Crippen LogP) is 3.23. The van der Waals surface area contributed by atoms with Crippen LogP contribution in [0, 0.1) is 5.82 Å². The van der Waals surface area contributed by atoms with E-state index in [0.29, 0.717) is 25.3 Å². The molecule has 1 aliphatic heterocycles. The maximum Gasteiger partial charge on any atom is 0.254 e. The number of nitrogens with zero attached hydrogens (tertiary/aromatic N) is 3. The van der Waals surface area contributed by atoms with E-state index in [0.717, 1.165) is 11.3 Å². The van der Waals surface area contributed by atoms with Crippen LogP contribution in [0.15, 0.2) is 67.0 Å². The van der Waals surface area contributed by atoms with Crippen LogP contribution in [0.2, 0.25) is 0 Å². The van der Waals surface area contributed by atoms with Gasteiger partial charge >= 0.3 is 0 Å². The molecule has 1 fully saturated rings. The first kappa shape index (κ1) is 16.5. The van der Waals surface area contributed by atoms with Gasteiger partial charge in [-0.25, -0.2) is 9.07 Å². The third-order valence-corrected chi connectivity index (χ3v) is 4.48. The zero-order valence-corrected chi connectivity index (χ0v) is 14.1. The molecule has 1 amide bonds. The largest absolute Gasteiger partial charge is 0.370 e. The lowest BCUT2D eigenvalue weighted by atomic mass is 10.1. The average Bonchev–Trinajstić information content (AvgIpc) is 3.23. The number of aromatic nitrogens is 2. The molecule has 6 heteroatoms. The molecule has 1 aliphatic rings. The van der Waals surface area contributed by atoms with Gasteiger partial charge in [-0.2, -0.15) is 5.10 Å². The van der Waals surface area contributed by atoms with E-state index in [1.54, 1.807) is 27.9 Å². The van der Waals surface area contributed by atoms with Gasteiger partial charge in [0.1, 0.15) is 11.9 Å². The van der Waals surface area contributed by atoms with Crippen LogP contribution in [0.4, 0.5) is 4.39 Å². The minimum atomic E-state index is -0.283. The molecule has 3 aromatic rings. The Balaban J connectivity index is 1.48. The number of morpholine rings is 1. The Hall–Kier alpha value is -2.99. The normalized spacial score (nSPS) is 17.3. The second kappa shape index (κ2) is 7.09. The standard InChI is InChI=1S/C20H18FN3O2/c21-17-6-2-15(3-7-17)19-14-23(12-13-26-19)20(25)16-4-8-18(9-5-16)24-11-1-10-22-24/h1-11,19H,12-14H2. The zero-order chi connectivity index (χ0) is 17.9. The second-order valence-electron chi connectivity index (χ2n) is 6.16. The molecule has 1 aromatic heterocycles. The maximum absolute atomic E-state index is 13.1. The number of hydrogen-bond donors (Lipinski definition) is 0. The van der Waals surface area contributed by atoms with Crippen LogP contribution in [0.25, 0.3) is 5.69 Å². The van der Waals surface area contributed by atoms with Gasteiger partial charge in [0.2, 0.25) is 0 Å². The number of carbonyl (C=O) groups excluding carboxylic acids is 1. The van der Waals surface area contributed by atoms with Crippen molar-refractivity contribution < 1.29 is 13.9 Å². The van der Waals surface area contributed by atoms with Gasteiger partial charge in [0.15, 0.2) is 0 Å². The third kappa shape index (κ3) is 3.36. The van der Waals surface area contributed by atoms with Crippen molar-refractivity contribution in [3.63, 3.8) is 0 Å². The van der Waals surface area contributed by atoms with Gasteiger partial charge in [0.05, 0.1) is 18.8 Å². The Morgan fingerprint density at radius 3 is 2.58 bits per heavy atom. The average molecular weight is 351 g/mol. The Kier molecular flexibility index (Phi) is 4.50. The van der Waals surface area contributed by atoms with E-state index in [9.17, 15) is 9.18 Å². The van der Waals surface area contributed by atoms with Crippen molar-refractivity contribution in [3.05, 3.63) is 83.9 Å². The van der Waals surface area contributed by atoms with Crippen LogP contribution < -0.4 is 0 Å². The Bertz CT molecular complexity index is 876. The first-order chi connectivity index (χ1) is 12.7. The summed E-state index contributed by atoms with van der Waals surface area (Å²) >= 11 is 0. The highest BCUT2D eigenvalue weighted by molar-refractivity contribution is 5.94. The maximum atomic E-state index is 13.1. The summed E-state index contributed by atoms with van der Waals surface area (Å²) in [5.74, 6) is -0.317. The summed E-state index contributed by atoms with van der Waals surface area (Å²) in [5, 5.41) is 4.18. The van der Waals surface area contributed by atoms with Crippen molar-refractivity contribution in [2.45, 2.75) is 6.10 Å². The molecule has 0 bridgehead atoms. The van der Waals surface area contributed by atoms with Crippen LogP contribution >= 0.6 is 0 Å². The van der Waals surface area contributed by atoms with Crippen molar-refractivity contribution in [1.29, 1.82) is 0 Å². The quantitative estimate of drug-likeness (QED) is 0.728. The first-order valence-electron chi connectivity index (χ1n) is 8.47. The van der Waals surface area contributed by atoms with Crippen molar-refractivity contribution in [1.82, 2.24) is 14.7 Å². The third-order valence-electron chi connectivity index (χ3n) is 4.48. The lowest BCUT2D eigenvalue weighted by molar-refractivity contribution is -0.0228. The van der Waals surface area contributed by atoms with Crippen LogP contribution in [-0.4, -0.2) is 40.3 Å². The monoisotopic (exact) mass is 351 g/mol. The molecule has 2 heterocycles. The molecule has 0 saturated carbocycles. The smallest absolute Gasteiger partial charge is 0.254 e. The van der Waals surface area contributed by atoms with Gasteiger partial charge in [-0.1, -0.05) is 12.1 Å². The predicted molar refractivity (Wildman–Crippen MR) is 94.6 cm³/mol. The lowest BCUT2D eigenvalue weighted by Crippen LogP contribution is -2.42. The summed E-state index contributed by atoms with van der Waals surface area (Å²) in [6.07, 6.45) is 3.32. The Morgan fingerprint density at radius 2 is 1.88 bits per heavy atom. The molecular weight excluding hydrogens is 333 g/mol. The van der Waals surface area contributed by atoms with E-state index < -0.39 is 0 Å². The van der Waals surface area contributed by atoms with Crippen LogP contribution in [-0.2, 0) is 4.74 Å². The molecule has 132 valence electrons. The van der Waals surface area contributed by atoms with E-state index in [4.69, 9.17) is 4.74 Å². The lowest BCUT2D eigenvalue weighted by Gasteiger charge is -2.33. The van der Waals surface area contributed by atoms with Gasteiger partial charge in [0.25, 0.3) is 5.91 Å². The number of ether oxygens (including phenoxy) is 1. The fourth-order valence-corrected chi connectivity index (χ4v) is 3.07. The topological polar surface area (TPSA) is 47.4 Å². The van der Waals surface area contributed by atoms with Crippen molar-refractivity contribution >= 4 is 5.91 Å². The molecule has 0 aliphatic carbocycles. The van der Waals surface area contributed by atoms with Gasteiger partial charge in [0, 0.05) is 24.5 Å². The fraction of sp³-hybridized carbons (Fsp3) is 0.200. The zero-order valence-electron chi connectivity index (χ0n) is 14.1. The summed E-state index contributed by atoms with van der Waals surface area (Å²) < 4.78 is 20.6. The number of amides is 1. The second-order valence-corrected chi connectivity index (χ2v) is 6.16. The number of benzene rings is 2. The number of carbonyl (C=O) groups is 1. The molecule has 2 aromatic carbocycles. The number of rotatable bonds is 3. The van der Waals surface area contributed by atoms with Gasteiger partial charge in [-0.15, -0.1) is 0 Å². The summed E-state index contributed by atoms with van der Waals surface area (Å²) in [6, 6.07) is 15.4. The van der Waals surface area contributed by atoms with Gasteiger partial charge < -0.3 is 9.64 Å². The summed E-state index contributed by atoms with van der Waals surface area (Å²) in [5.41, 5.74) is 2.40. The van der Waals surface area contributed by atoms with Crippen molar-refractivity contribution in [3.8, 4) is 5.69 Å². The minimum Gasteiger partial charge on any atom is -0.370 e. The number of halogens is 1. The Labute approximate surface area is 150 Å². The van der Waals surface area contributed by atoms with Crippen LogP contribution in [0.1, 0.15) is 22.0 Å². The SMILES string of the molecule is O=C(c1ccc(-n2cccn2)cc1)N1CCOC(c2ccc(F)cc2)C1. The highest BCUT2D eigenvalue weighted by Gasteiger charge is 2.26. The highest BCUT2D eigenvalue weighted by atomic mass is 19.1. The Morgan fingerprint density at radius 1 is 1.12 bits per heavy atom. The molecular formula is C20H18FN3O2. The molecule has 0 spiro atoms. The summed E-state index contributed by atoms with van der Waals surface area (Å²) in [6.45, 7) is 1.45. The highest BCUT2D eigenvalue weighted by Crippen LogP contribution is 2.23. The van der Waals surface area contributed by atoms with Gasteiger partial charge in [-0.3, -0.25) is 4.79 Å². The van der Waals surface area contributed by atoms with Gasteiger partial charge in [-0.05, 0) is 48.0 Å². The molecule has 0 radical (unpaired) electrons. The van der Waals surface area contributed by atoms with E-state index in [1.165, 1.54) is 12.1 Å². The molecule has 5 nitrogen and oxygen atoms in total. The molecule has 26 heavy (non-hydrogen) atoms. The van der Waals surface area contributed by atoms with E-state index >= 15 is 0 Å². The van der Waals surface area contributed by atoms with E-state index in [2.05, 4.69) is 5.10 Å². The molecule has 4 rings (SSSR count). The van der Waals surface area contributed by atoms with Crippen LogP contribution in [0.5, 0.6) is 0 Å². The fourth-order valence-electron chi connectivity index (χ4n) is 3.07. The molecule has 1 atom stereocenters. The summed E-state index contributed by atoms with van der Waals surface area (Å²) in [4.78, 5) is 14.6. The van der Waals surface area contributed by atoms with Crippen molar-refractivity contribution in [2.75, 3.05) is 19.7 Å². The van der Waals surface area contributed by atoms with Crippen LogP contribution in [0.3, 0.4) is 0 Å². The first-order valence-corrected chi connectivity index (χ1v) is 8.47. The molecule has 1 saturated heterocycles. The van der Waals surface area contributed by atoms with E-state index in [1.807, 2.05) is 36.5 Å². The molecule has 0 N–H and O–H groups in total.